The van der Waals surface area contributed by atoms with Crippen LogP contribution >= 0.6 is 11.3 Å². The standard InChI is InChI=1S/C24H28N2OS/c1-5-7-8-19-11-12-21-22(15-19)28-24(26(21)13-6-2)25-23(27)16-20-14-17(3)9-10-18(20)4/h6,9-12,14-15H,2,5,7-8,13,16H2,1,3-4H3. The Bertz CT molecular complexity index is 1070. The van der Waals surface area contributed by atoms with E-state index in [1.807, 2.05) is 19.9 Å². The average Bonchev–Trinajstić information content (AvgIpc) is 2.99. The highest BCUT2D eigenvalue weighted by Crippen LogP contribution is 2.21. The molecule has 1 heterocycles. The molecule has 2 aromatic carbocycles. The van der Waals surface area contributed by atoms with E-state index in [1.54, 1.807) is 11.3 Å². The largest absolute Gasteiger partial charge is 0.313 e. The Labute approximate surface area is 171 Å². The van der Waals surface area contributed by atoms with Crippen LogP contribution in [0.25, 0.3) is 10.2 Å². The van der Waals surface area contributed by atoms with E-state index in [0.29, 0.717) is 13.0 Å². The molecule has 0 saturated heterocycles. The van der Waals surface area contributed by atoms with Crippen molar-refractivity contribution in [3.63, 3.8) is 0 Å². The Morgan fingerprint density at radius 1 is 1.21 bits per heavy atom. The molecule has 3 nitrogen and oxygen atoms in total. The minimum Gasteiger partial charge on any atom is -0.313 e. The molecule has 0 aliphatic heterocycles. The van der Waals surface area contributed by atoms with Crippen molar-refractivity contribution in [1.29, 1.82) is 0 Å². The van der Waals surface area contributed by atoms with Crippen LogP contribution in [0.15, 0.2) is 54.0 Å². The van der Waals surface area contributed by atoms with Crippen molar-refractivity contribution in [3.8, 4) is 0 Å². The molecule has 0 spiro atoms. The van der Waals surface area contributed by atoms with Crippen molar-refractivity contribution in [2.24, 2.45) is 4.99 Å². The maximum Gasteiger partial charge on any atom is 0.252 e. The van der Waals surface area contributed by atoms with Crippen molar-refractivity contribution in [2.45, 2.75) is 53.0 Å². The van der Waals surface area contributed by atoms with Gasteiger partial charge in [-0.25, -0.2) is 0 Å². The van der Waals surface area contributed by atoms with Gasteiger partial charge in [-0.05, 0) is 55.5 Å². The first kappa shape index (κ1) is 20.3. The number of hydrogen-bond donors (Lipinski definition) is 0. The van der Waals surface area contributed by atoms with Gasteiger partial charge in [0.2, 0.25) is 0 Å². The van der Waals surface area contributed by atoms with E-state index < -0.39 is 0 Å². The van der Waals surface area contributed by atoms with E-state index in [2.05, 4.69) is 59.5 Å². The van der Waals surface area contributed by atoms with Crippen LogP contribution in [-0.4, -0.2) is 10.5 Å². The molecular formula is C24H28N2OS. The number of rotatable bonds is 7. The molecule has 0 radical (unpaired) electrons. The smallest absolute Gasteiger partial charge is 0.252 e. The SMILES string of the molecule is C=CCn1c(=NC(=O)Cc2cc(C)ccc2C)sc2cc(CCCC)ccc21. The maximum absolute atomic E-state index is 12.7. The summed E-state index contributed by atoms with van der Waals surface area (Å²) < 4.78 is 3.26. The minimum absolute atomic E-state index is 0.107. The number of carbonyl (C=O) groups excluding carboxylic acids is 1. The summed E-state index contributed by atoms with van der Waals surface area (Å²) in [5.74, 6) is -0.107. The molecule has 0 fully saturated rings. The first-order chi connectivity index (χ1) is 13.5. The Morgan fingerprint density at radius 3 is 2.79 bits per heavy atom. The zero-order valence-electron chi connectivity index (χ0n) is 17.0. The highest BCUT2D eigenvalue weighted by molar-refractivity contribution is 7.16. The summed E-state index contributed by atoms with van der Waals surface area (Å²) in [5, 5.41) is 0. The number of carbonyl (C=O) groups is 1. The number of unbranched alkanes of at least 4 members (excludes halogenated alkanes) is 1. The van der Waals surface area contributed by atoms with Crippen LogP contribution in [-0.2, 0) is 24.2 Å². The van der Waals surface area contributed by atoms with Crippen LogP contribution in [0.1, 0.15) is 42.0 Å². The summed E-state index contributed by atoms with van der Waals surface area (Å²) in [6.07, 6.45) is 5.65. The number of aromatic nitrogens is 1. The first-order valence-corrected chi connectivity index (χ1v) is 10.7. The summed E-state index contributed by atoms with van der Waals surface area (Å²) in [4.78, 5) is 17.9. The zero-order chi connectivity index (χ0) is 20.1. The predicted molar refractivity (Wildman–Crippen MR) is 119 cm³/mol. The Kier molecular flexibility index (Phi) is 6.63. The third kappa shape index (κ3) is 4.68. The normalized spacial score (nSPS) is 11.9. The highest BCUT2D eigenvalue weighted by atomic mass is 32.1. The van der Waals surface area contributed by atoms with Gasteiger partial charge in [0.05, 0.1) is 16.6 Å². The second-order valence-electron chi connectivity index (χ2n) is 7.30. The van der Waals surface area contributed by atoms with Crippen LogP contribution in [0.3, 0.4) is 0 Å². The summed E-state index contributed by atoms with van der Waals surface area (Å²) in [6.45, 7) is 10.8. The van der Waals surface area contributed by atoms with Gasteiger partial charge in [0.25, 0.3) is 5.91 Å². The molecular weight excluding hydrogens is 364 g/mol. The molecule has 3 rings (SSSR count). The summed E-state index contributed by atoms with van der Waals surface area (Å²) in [7, 11) is 0. The number of benzene rings is 2. The van der Waals surface area contributed by atoms with Gasteiger partial charge in [0, 0.05) is 6.54 Å². The number of aryl methyl sites for hydroxylation is 3. The van der Waals surface area contributed by atoms with E-state index >= 15 is 0 Å². The van der Waals surface area contributed by atoms with Crippen LogP contribution < -0.4 is 4.80 Å². The number of fused-ring (bicyclic) bond motifs is 1. The van der Waals surface area contributed by atoms with Gasteiger partial charge >= 0.3 is 0 Å². The van der Waals surface area contributed by atoms with Gasteiger partial charge in [-0.15, -0.1) is 6.58 Å². The van der Waals surface area contributed by atoms with Crippen molar-refractivity contribution in [2.75, 3.05) is 0 Å². The van der Waals surface area contributed by atoms with Crippen LogP contribution in [0.5, 0.6) is 0 Å². The summed E-state index contributed by atoms with van der Waals surface area (Å²) in [6, 6.07) is 12.8. The second-order valence-corrected chi connectivity index (χ2v) is 8.31. The highest BCUT2D eigenvalue weighted by Gasteiger charge is 2.10. The zero-order valence-corrected chi connectivity index (χ0v) is 17.8. The Hall–Kier alpha value is -2.46. The lowest BCUT2D eigenvalue weighted by Crippen LogP contribution is -2.17. The third-order valence-electron chi connectivity index (χ3n) is 4.94. The van der Waals surface area contributed by atoms with E-state index in [9.17, 15) is 4.79 Å². The van der Waals surface area contributed by atoms with Crippen LogP contribution in [0.4, 0.5) is 0 Å². The minimum atomic E-state index is -0.107. The van der Waals surface area contributed by atoms with Crippen molar-refractivity contribution >= 4 is 27.5 Å². The van der Waals surface area contributed by atoms with E-state index in [-0.39, 0.29) is 5.91 Å². The van der Waals surface area contributed by atoms with E-state index in [4.69, 9.17) is 0 Å². The molecule has 28 heavy (non-hydrogen) atoms. The first-order valence-electron chi connectivity index (χ1n) is 9.88. The number of thiazole rings is 1. The van der Waals surface area contributed by atoms with Gasteiger partial charge in [-0.3, -0.25) is 4.79 Å². The molecule has 0 bridgehead atoms. The summed E-state index contributed by atoms with van der Waals surface area (Å²) in [5.41, 5.74) is 5.80. The number of nitrogens with zero attached hydrogens (tertiary/aromatic N) is 2. The lowest BCUT2D eigenvalue weighted by Gasteiger charge is -2.05. The number of allylic oxidation sites excluding steroid dienone is 1. The fourth-order valence-corrected chi connectivity index (χ4v) is 4.47. The fourth-order valence-electron chi connectivity index (χ4n) is 3.34. The Morgan fingerprint density at radius 2 is 2.04 bits per heavy atom. The molecule has 0 aliphatic carbocycles. The molecule has 3 aromatic rings. The van der Waals surface area contributed by atoms with Gasteiger partial charge in [-0.1, -0.05) is 60.6 Å². The lowest BCUT2D eigenvalue weighted by molar-refractivity contribution is -0.117. The number of amides is 1. The van der Waals surface area contributed by atoms with Crippen molar-refractivity contribution in [3.05, 3.63) is 76.1 Å². The second kappa shape index (κ2) is 9.16. The lowest BCUT2D eigenvalue weighted by atomic mass is 10.0. The molecule has 0 atom stereocenters. The van der Waals surface area contributed by atoms with Crippen LogP contribution in [0.2, 0.25) is 0 Å². The molecule has 146 valence electrons. The molecule has 1 aromatic heterocycles. The topological polar surface area (TPSA) is 34.4 Å². The fraction of sp³-hybridized carbons (Fsp3) is 0.333. The Balaban J connectivity index is 1.97. The third-order valence-corrected chi connectivity index (χ3v) is 5.99. The van der Waals surface area contributed by atoms with Crippen molar-refractivity contribution in [1.82, 2.24) is 4.57 Å². The quantitative estimate of drug-likeness (QED) is 0.488. The van der Waals surface area contributed by atoms with Crippen molar-refractivity contribution < 1.29 is 4.79 Å². The van der Waals surface area contributed by atoms with Gasteiger partial charge < -0.3 is 4.57 Å². The summed E-state index contributed by atoms with van der Waals surface area (Å²) >= 11 is 1.59. The maximum atomic E-state index is 12.7. The number of hydrogen-bond acceptors (Lipinski definition) is 2. The van der Waals surface area contributed by atoms with Gasteiger partial charge in [0.1, 0.15) is 0 Å². The van der Waals surface area contributed by atoms with E-state index in [0.717, 1.165) is 33.4 Å². The molecule has 0 aliphatic rings. The molecule has 0 saturated carbocycles. The predicted octanol–water partition coefficient (Wildman–Crippen LogP) is 5.52. The van der Waals surface area contributed by atoms with Gasteiger partial charge in [-0.2, -0.15) is 4.99 Å². The average molecular weight is 393 g/mol. The molecule has 1 amide bonds. The van der Waals surface area contributed by atoms with E-state index in [1.165, 1.54) is 23.1 Å². The van der Waals surface area contributed by atoms with Gasteiger partial charge in [0.15, 0.2) is 4.80 Å². The molecule has 4 heteroatoms. The molecule has 0 unspecified atom stereocenters. The monoisotopic (exact) mass is 392 g/mol. The molecule has 0 N–H and O–H groups in total. The van der Waals surface area contributed by atoms with Crippen LogP contribution in [0, 0.1) is 13.8 Å².